The molecular formula is C11H14N4OS2. The zero-order valence-electron chi connectivity index (χ0n) is 10.1. The second kappa shape index (κ2) is 6.01. The molecule has 0 fully saturated rings. The van der Waals surface area contributed by atoms with E-state index in [1.807, 2.05) is 31.4 Å². The zero-order valence-corrected chi connectivity index (χ0v) is 11.8. The van der Waals surface area contributed by atoms with Crippen LogP contribution < -0.4 is 5.32 Å². The number of hydrogen-bond donors (Lipinski definition) is 2. The largest absolute Gasteiger partial charge is 0.355 e. The van der Waals surface area contributed by atoms with Crippen LogP contribution in [-0.4, -0.2) is 32.9 Å². The topological polar surface area (TPSA) is 70.7 Å². The van der Waals surface area contributed by atoms with E-state index in [9.17, 15) is 4.79 Å². The number of aromatic amines is 1. The van der Waals surface area contributed by atoms with Crippen molar-refractivity contribution in [3.8, 4) is 10.7 Å². The third-order valence-corrected chi connectivity index (χ3v) is 4.06. The van der Waals surface area contributed by atoms with Crippen molar-refractivity contribution in [2.24, 2.45) is 0 Å². The van der Waals surface area contributed by atoms with E-state index in [1.165, 1.54) is 11.8 Å². The van der Waals surface area contributed by atoms with E-state index in [-0.39, 0.29) is 11.2 Å². The van der Waals surface area contributed by atoms with Crippen LogP contribution in [0.4, 0.5) is 0 Å². The highest BCUT2D eigenvalue weighted by Gasteiger charge is 2.16. The van der Waals surface area contributed by atoms with Crippen molar-refractivity contribution in [3.63, 3.8) is 0 Å². The third kappa shape index (κ3) is 3.11. The number of nitrogens with zero attached hydrogens (tertiary/aromatic N) is 2. The molecule has 1 atom stereocenters. The molecule has 0 spiro atoms. The Morgan fingerprint density at radius 3 is 3.17 bits per heavy atom. The van der Waals surface area contributed by atoms with Gasteiger partial charge < -0.3 is 5.32 Å². The highest BCUT2D eigenvalue weighted by Crippen LogP contribution is 2.25. The summed E-state index contributed by atoms with van der Waals surface area (Å²) in [6.07, 6.45) is 0. The first kappa shape index (κ1) is 13.1. The Morgan fingerprint density at radius 1 is 1.67 bits per heavy atom. The van der Waals surface area contributed by atoms with Crippen molar-refractivity contribution in [3.05, 3.63) is 17.5 Å². The zero-order chi connectivity index (χ0) is 13.0. The van der Waals surface area contributed by atoms with Crippen LogP contribution >= 0.6 is 23.1 Å². The summed E-state index contributed by atoms with van der Waals surface area (Å²) in [6, 6.07) is 3.94. The van der Waals surface area contributed by atoms with E-state index in [0.717, 1.165) is 10.7 Å². The lowest BCUT2D eigenvalue weighted by molar-refractivity contribution is -0.120. The fraction of sp³-hybridized carbons (Fsp3) is 0.364. The number of amides is 1. The molecule has 2 heterocycles. The molecule has 0 saturated heterocycles. The predicted molar refractivity (Wildman–Crippen MR) is 73.7 cm³/mol. The van der Waals surface area contributed by atoms with Gasteiger partial charge in [0.15, 0.2) is 5.82 Å². The van der Waals surface area contributed by atoms with Gasteiger partial charge in [0.05, 0.1) is 10.1 Å². The van der Waals surface area contributed by atoms with Crippen molar-refractivity contribution in [2.45, 2.75) is 24.3 Å². The number of carbonyl (C=O) groups is 1. The summed E-state index contributed by atoms with van der Waals surface area (Å²) in [7, 11) is 0. The normalized spacial score (nSPS) is 12.3. The molecule has 0 saturated carbocycles. The summed E-state index contributed by atoms with van der Waals surface area (Å²) in [4.78, 5) is 17.0. The molecule has 96 valence electrons. The Labute approximate surface area is 113 Å². The van der Waals surface area contributed by atoms with Gasteiger partial charge in [-0.15, -0.1) is 16.4 Å². The highest BCUT2D eigenvalue weighted by atomic mass is 32.2. The minimum absolute atomic E-state index is 0.00461. The Bertz CT molecular complexity index is 509. The molecule has 0 aliphatic rings. The van der Waals surface area contributed by atoms with E-state index in [2.05, 4.69) is 20.5 Å². The Morgan fingerprint density at radius 2 is 2.50 bits per heavy atom. The molecular weight excluding hydrogens is 268 g/mol. The van der Waals surface area contributed by atoms with E-state index in [1.54, 1.807) is 11.3 Å². The Kier molecular flexibility index (Phi) is 4.38. The summed E-state index contributed by atoms with van der Waals surface area (Å²) in [5, 5.41) is 12.2. The first-order chi connectivity index (χ1) is 8.70. The van der Waals surface area contributed by atoms with Gasteiger partial charge in [0.1, 0.15) is 0 Å². The van der Waals surface area contributed by atoms with Gasteiger partial charge in [-0.3, -0.25) is 9.89 Å². The molecule has 0 aliphatic heterocycles. The maximum atomic E-state index is 11.6. The van der Waals surface area contributed by atoms with Gasteiger partial charge >= 0.3 is 0 Å². The first-order valence-electron chi connectivity index (χ1n) is 5.61. The SMILES string of the molecule is CCNC(=O)[C@@H](C)Sc1n[nH]c(-c2cccs2)n1. The Balaban J connectivity index is 2.01. The third-order valence-electron chi connectivity index (χ3n) is 2.22. The summed E-state index contributed by atoms with van der Waals surface area (Å²) in [5.74, 6) is 0.751. The highest BCUT2D eigenvalue weighted by molar-refractivity contribution is 8.00. The molecule has 0 bridgehead atoms. The summed E-state index contributed by atoms with van der Waals surface area (Å²) < 4.78 is 0. The number of nitrogens with one attached hydrogen (secondary N) is 2. The van der Waals surface area contributed by atoms with E-state index < -0.39 is 0 Å². The lowest BCUT2D eigenvalue weighted by Gasteiger charge is -2.07. The van der Waals surface area contributed by atoms with Gasteiger partial charge in [-0.05, 0) is 25.3 Å². The van der Waals surface area contributed by atoms with Crippen LogP contribution in [0.3, 0.4) is 0 Å². The minimum Gasteiger partial charge on any atom is -0.355 e. The van der Waals surface area contributed by atoms with Gasteiger partial charge in [-0.25, -0.2) is 4.98 Å². The van der Waals surface area contributed by atoms with Crippen molar-refractivity contribution in [1.82, 2.24) is 20.5 Å². The Hall–Kier alpha value is -1.34. The molecule has 1 amide bonds. The number of aromatic nitrogens is 3. The van der Waals surface area contributed by atoms with Crippen LogP contribution in [-0.2, 0) is 4.79 Å². The van der Waals surface area contributed by atoms with Crippen molar-refractivity contribution in [1.29, 1.82) is 0 Å². The van der Waals surface area contributed by atoms with Crippen LogP contribution in [0, 0.1) is 0 Å². The molecule has 0 radical (unpaired) electrons. The number of hydrogen-bond acceptors (Lipinski definition) is 5. The average Bonchev–Trinajstić information content (AvgIpc) is 2.98. The van der Waals surface area contributed by atoms with Crippen LogP contribution in [0.5, 0.6) is 0 Å². The molecule has 2 aromatic rings. The average molecular weight is 282 g/mol. The molecule has 5 nitrogen and oxygen atoms in total. The van der Waals surface area contributed by atoms with Crippen LogP contribution in [0.25, 0.3) is 10.7 Å². The number of H-pyrrole nitrogens is 1. The first-order valence-corrected chi connectivity index (χ1v) is 7.37. The molecule has 7 heteroatoms. The summed E-state index contributed by atoms with van der Waals surface area (Å²) >= 11 is 2.95. The molecule has 2 rings (SSSR count). The van der Waals surface area contributed by atoms with Crippen LogP contribution in [0.1, 0.15) is 13.8 Å². The van der Waals surface area contributed by atoms with E-state index in [4.69, 9.17) is 0 Å². The summed E-state index contributed by atoms with van der Waals surface area (Å²) in [5.41, 5.74) is 0. The molecule has 18 heavy (non-hydrogen) atoms. The van der Waals surface area contributed by atoms with Crippen LogP contribution in [0.15, 0.2) is 22.7 Å². The smallest absolute Gasteiger partial charge is 0.233 e. The number of thioether (sulfide) groups is 1. The van der Waals surface area contributed by atoms with E-state index in [0.29, 0.717) is 11.7 Å². The van der Waals surface area contributed by atoms with Gasteiger partial charge in [0.2, 0.25) is 11.1 Å². The minimum atomic E-state index is -0.197. The lowest BCUT2D eigenvalue weighted by atomic mass is 10.4. The van der Waals surface area contributed by atoms with Gasteiger partial charge in [0.25, 0.3) is 0 Å². The fourth-order valence-electron chi connectivity index (χ4n) is 1.35. The molecule has 0 aromatic carbocycles. The van der Waals surface area contributed by atoms with Crippen molar-refractivity contribution < 1.29 is 4.79 Å². The fourth-order valence-corrected chi connectivity index (χ4v) is 2.76. The number of rotatable bonds is 5. The molecule has 2 N–H and O–H groups in total. The van der Waals surface area contributed by atoms with Crippen LogP contribution in [0.2, 0.25) is 0 Å². The quantitative estimate of drug-likeness (QED) is 0.824. The molecule has 0 unspecified atom stereocenters. The number of carbonyl (C=O) groups excluding carboxylic acids is 1. The van der Waals surface area contributed by atoms with Gasteiger partial charge in [0, 0.05) is 6.54 Å². The summed E-state index contributed by atoms with van der Waals surface area (Å²) in [6.45, 7) is 4.38. The maximum Gasteiger partial charge on any atom is 0.233 e. The maximum absolute atomic E-state index is 11.6. The molecule has 0 aliphatic carbocycles. The second-order valence-electron chi connectivity index (χ2n) is 3.60. The van der Waals surface area contributed by atoms with Gasteiger partial charge in [-0.2, -0.15) is 0 Å². The monoisotopic (exact) mass is 282 g/mol. The van der Waals surface area contributed by atoms with Crippen molar-refractivity contribution in [2.75, 3.05) is 6.54 Å². The van der Waals surface area contributed by atoms with Gasteiger partial charge in [-0.1, -0.05) is 17.8 Å². The predicted octanol–water partition coefficient (Wildman–Crippen LogP) is 2.15. The molecule has 2 aromatic heterocycles. The standard InChI is InChI=1S/C11H14N4OS2/c1-3-12-10(16)7(2)18-11-13-9(14-15-11)8-5-4-6-17-8/h4-7H,3H2,1-2H3,(H,12,16)(H,13,14,15)/t7-/m1/s1. The van der Waals surface area contributed by atoms with Crippen molar-refractivity contribution >= 4 is 29.0 Å². The number of thiophene rings is 1. The lowest BCUT2D eigenvalue weighted by Crippen LogP contribution is -2.30. The second-order valence-corrected chi connectivity index (χ2v) is 5.85. The van der Waals surface area contributed by atoms with E-state index >= 15 is 0 Å².